The van der Waals surface area contributed by atoms with Gasteiger partial charge in [-0.05, 0) is 24.3 Å². The predicted octanol–water partition coefficient (Wildman–Crippen LogP) is 2.32. The number of nitrogens with two attached hydrogens (primary N) is 1. The lowest BCUT2D eigenvalue weighted by Gasteiger charge is -2.22. The Morgan fingerprint density at radius 2 is 1.47 bits per heavy atom. The first-order valence-corrected chi connectivity index (χ1v) is 5.12. The summed E-state index contributed by atoms with van der Waals surface area (Å²) in [4.78, 5) is 2.02. The van der Waals surface area contributed by atoms with Gasteiger partial charge in [-0.3, -0.25) is 0 Å². The fourth-order valence-corrected chi connectivity index (χ4v) is 1.43. The SMILES string of the molecule is Cl.N#CCCN(CCC#N)c1ccc(N)cc1. The zero-order valence-electron chi connectivity index (χ0n) is 9.47. The standard InChI is InChI=1S/C12H14N4.ClH/c13-7-1-9-16(10-2-8-14)12-5-3-11(15)4-6-12;/h3-6H,1-2,9-10,15H2;1H. The van der Waals surface area contributed by atoms with E-state index in [9.17, 15) is 0 Å². The highest BCUT2D eigenvalue weighted by molar-refractivity contribution is 5.85. The van der Waals surface area contributed by atoms with Gasteiger partial charge in [0.05, 0.1) is 25.0 Å². The summed E-state index contributed by atoms with van der Waals surface area (Å²) in [6, 6.07) is 11.7. The molecule has 0 saturated heterocycles. The largest absolute Gasteiger partial charge is 0.399 e. The van der Waals surface area contributed by atoms with E-state index < -0.39 is 0 Å². The van der Waals surface area contributed by atoms with E-state index in [2.05, 4.69) is 12.1 Å². The molecule has 0 aliphatic heterocycles. The number of benzene rings is 1. The number of nitrogen functional groups attached to an aromatic ring is 1. The van der Waals surface area contributed by atoms with E-state index in [0.29, 0.717) is 31.6 Å². The molecule has 0 aromatic heterocycles. The smallest absolute Gasteiger partial charge is 0.0640 e. The van der Waals surface area contributed by atoms with E-state index in [4.69, 9.17) is 16.3 Å². The quantitative estimate of drug-likeness (QED) is 0.814. The van der Waals surface area contributed by atoms with Crippen LogP contribution in [0.4, 0.5) is 11.4 Å². The molecule has 1 aromatic rings. The lowest BCUT2D eigenvalue weighted by Crippen LogP contribution is -2.25. The van der Waals surface area contributed by atoms with E-state index in [1.807, 2.05) is 29.2 Å². The normalized spacial score (nSPS) is 8.59. The first kappa shape index (κ1) is 15.1. The lowest BCUT2D eigenvalue weighted by molar-refractivity contribution is 0.796. The predicted molar refractivity (Wildman–Crippen MR) is 70.8 cm³/mol. The van der Waals surface area contributed by atoms with Crippen LogP contribution in [0.3, 0.4) is 0 Å². The van der Waals surface area contributed by atoms with Crippen molar-refractivity contribution in [2.24, 2.45) is 0 Å². The van der Waals surface area contributed by atoms with Crippen LogP contribution in [0.5, 0.6) is 0 Å². The van der Waals surface area contributed by atoms with Gasteiger partial charge in [-0.25, -0.2) is 0 Å². The Balaban J connectivity index is 0.00000256. The van der Waals surface area contributed by atoms with E-state index in [1.54, 1.807) is 0 Å². The summed E-state index contributed by atoms with van der Waals surface area (Å²) >= 11 is 0. The van der Waals surface area contributed by atoms with Crippen LogP contribution in [0.15, 0.2) is 24.3 Å². The lowest BCUT2D eigenvalue weighted by atomic mass is 10.2. The van der Waals surface area contributed by atoms with Crippen LogP contribution in [0, 0.1) is 22.7 Å². The molecule has 0 bridgehead atoms. The Kier molecular flexibility index (Phi) is 7.34. The van der Waals surface area contributed by atoms with Gasteiger partial charge in [0.1, 0.15) is 0 Å². The van der Waals surface area contributed by atoms with Gasteiger partial charge in [0.15, 0.2) is 0 Å². The zero-order valence-corrected chi connectivity index (χ0v) is 10.3. The van der Waals surface area contributed by atoms with Crippen molar-refractivity contribution in [1.82, 2.24) is 0 Å². The van der Waals surface area contributed by atoms with Gasteiger partial charge in [-0.2, -0.15) is 10.5 Å². The highest BCUT2D eigenvalue weighted by Crippen LogP contribution is 2.16. The average Bonchev–Trinajstić information content (AvgIpc) is 2.31. The van der Waals surface area contributed by atoms with E-state index in [-0.39, 0.29) is 12.4 Å². The summed E-state index contributed by atoms with van der Waals surface area (Å²) in [7, 11) is 0. The van der Waals surface area contributed by atoms with E-state index >= 15 is 0 Å². The molecule has 0 unspecified atom stereocenters. The Morgan fingerprint density at radius 1 is 1.00 bits per heavy atom. The molecule has 0 amide bonds. The zero-order chi connectivity index (χ0) is 11.8. The molecule has 17 heavy (non-hydrogen) atoms. The average molecular weight is 251 g/mol. The van der Waals surface area contributed by atoms with Crippen molar-refractivity contribution in [3.05, 3.63) is 24.3 Å². The number of rotatable bonds is 5. The van der Waals surface area contributed by atoms with Crippen LogP contribution in [0.1, 0.15) is 12.8 Å². The molecule has 2 N–H and O–H groups in total. The van der Waals surface area contributed by atoms with Crippen molar-refractivity contribution in [3.8, 4) is 12.1 Å². The number of anilines is 2. The van der Waals surface area contributed by atoms with Gasteiger partial charge in [-0.15, -0.1) is 12.4 Å². The second-order valence-corrected chi connectivity index (χ2v) is 3.39. The number of halogens is 1. The van der Waals surface area contributed by atoms with Gasteiger partial charge in [0.2, 0.25) is 0 Å². The summed E-state index contributed by atoms with van der Waals surface area (Å²) in [6.45, 7) is 1.28. The first-order chi connectivity index (χ1) is 7.77. The molecule has 1 rings (SSSR count). The summed E-state index contributed by atoms with van der Waals surface area (Å²) < 4.78 is 0. The number of hydrogen-bond donors (Lipinski definition) is 1. The molecule has 0 spiro atoms. The number of nitrogens with zero attached hydrogens (tertiary/aromatic N) is 3. The van der Waals surface area contributed by atoms with E-state index in [0.717, 1.165) is 5.69 Å². The minimum Gasteiger partial charge on any atom is -0.399 e. The Morgan fingerprint density at radius 3 is 1.88 bits per heavy atom. The molecule has 1 aromatic carbocycles. The Labute approximate surface area is 108 Å². The van der Waals surface area contributed by atoms with Crippen LogP contribution >= 0.6 is 12.4 Å². The van der Waals surface area contributed by atoms with E-state index in [1.165, 1.54) is 0 Å². The van der Waals surface area contributed by atoms with Crippen LogP contribution in [0.25, 0.3) is 0 Å². The number of nitriles is 2. The van der Waals surface area contributed by atoms with Crippen molar-refractivity contribution in [2.75, 3.05) is 23.7 Å². The van der Waals surface area contributed by atoms with Crippen LogP contribution in [-0.2, 0) is 0 Å². The molecule has 0 saturated carbocycles. The third-order valence-electron chi connectivity index (χ3n) is 2.25. The summed E-state index contributed by atoms with van der Waals surface area (Å²) in [5, 5.41) is 17.1. The molecule has 0 radical (unpaired) electrons. The fraction of sp³-hybridized carbons (Fsp3) is 0.333. The molecule has 0 atom stereocenters. The van der Waals surface area contributed by atoms with Crippen LogP contribution in [-0.4, -0.2) is 13.1 Å². The molecule has 0 fully saturated rings. The second kappa shape index (κ2) is 8.27. The summed E-state index contributed by atoms with van der Waals surface area (Å²) in [6.07, 6.45) is 0.908. The second-order valence-electron chi connectivity index (χ2n) is 3.39. The monoisotopic (exact) mass is 250 g/mol. The van der Waals surface area contributed by atoms with Gasteiger partial charge < -0.3 is 10.6 Å². The summed E-state index contributed by atoms with van der Waals surface area (Å²) in [5.41, 5.74) is 7.32. The van der Waals surface area contributed by atoms with Crippen molar-refractivity contribution in [2.45, 2.75) is 12.8 Å². The van der Waals surface area contributed by atoms with Gasteiger partial charge in [0, 0.05) is 24.5 Å². The maximum Gasteiger partial charge on any atom is 0.0640 e. The van der Waals surface area contributed by atoms with Crippen molar-refractivity contribution < 1.29 is 0 Å². The topological polar surface area (TPSA) is 76.8 Å². The Hall–Kier alpha value is -1.91. The molecule has 5 heteroatoms. The molecular formula is C12H15ClN4. The molecule has 4 nitrogen and oxygen atoms in total. The fourth-order valence-electron chi connectivity index (χ4n) is 1.43. The highest BCUT2D eigenvalue weighted by atomic mass is 35.5. The molecule has 0 heterocycles. The highest BCUT2D eigenvalue weighted by Gasteiger charge is 2.05. The maximum absolute atomic E-state index is 8.57. The van der Waals surface area contributed by atoms with Crippen molar-refractivity contribution >= 4 is 23.8 Å². The molecule has 0 aliphatic rings. The van der Waals surface area contributed by atoms with Gasteiger partial charge in [-0.1, -0.05) is 0 Å². The van der Waals surface area contributed by atoms with Crippen molar-refractivity contribution in [3.63, 3.8) is 0 Å². The van der Waals surface area contributed by atoms with Crippen molar-refractivity contribution in [1.29, 1.82) is 10.5 Å². The third kappa shape index (κ3) is 5.10. The molecule has 90 valence electrons. The molecular weight excluding hydrogens is 236 g/mol. The minimum atomic E-state index is 0. The molecule has 0 aliphatic carbocycles. The minimum absolute atomic E-state index is 0. The van der Waals surface area contributed by atoms with Crippen LogP contribution in [0.2, 0.25) is 0 Å². The van der Waals surface area contributed by atoms with Crippen LogP contribution < -0.4 is 10.6 Å². The Bertz CT molecular complexity index is 384. The van der Waals surface area contributed by atoms with Gasteiger partial charge in [0.25, 0.3) is 0 Å². The first-order valence-electron chi connectivity index (χ1n) is 5.12. The number of hydrogen-bond acceptors (Lipinski definition) is 4. The summed E-state index contributed by atoms with van der Waals surface area (Å²) in [5.74, 6) is 0. The maximum atomic E-state index is 8.57. The third-order valence-corrected chi connectivity index (χ3v) is 2.25. The van der Waals surface area contributed by atoms with Gasteiger partial charge >= 0.3 is 0 Å².